The first-order valence-electron chi connectivity index (χ1n) is 5.95. The zero-order valence-corrected chi connectivity index (χ0v) is 9.39. The van der Waals surface area contributed by atoms with Gasteiger partial charge < -0.3 is 10.3 Å². The van der Waals surface area contributed by atoms with Crippen LogP contribution >= 0.6 is 0 Å². The van der Waals surface area contributed by atoms with Crippen LogP contribution in [0, 0.1) is 0 Å². The zero-order chi connectivity index (χ0) is 10.7. The van der Waals surface area contributed by atoms with E-state index in [9.17, 15) is 0 Å². The molecule has 0 bridgehead atoms. The number of nitrogens with two attached hydrogens (primary N) is 1. The summed E-state index contributed by atoms with van der Waals surface area (Å²) >= 11 is 0. The number of hydrogen-bond acceptors (Lipinski definition) is 3. The quantitative estimate of drug-likeness (QED) is 0.819. The van der Waals surface area contributed by atoms with E-state index >= 15 is 0 Å². The van der Waals surface area contributed by atoms with Gasteiger partial charge in [-0.1, -0.05) is 19.8 Å². The highest BCUT2D eigenvalue weighted by Gasteiger charge is 2.20. The Kier molecular flexibility index (Phi) is 3.36. The van der Waals surface area contributed by atoms with Crippen LogP contribution in [0.1, 0.15) is 50.9 Å². The second-order valence-electron chi connectivity index (χ2n) is 4.47. The molecule has 0 saturated heterocycles. The fourth-order valence-electron chi connectivity index (χ4n) is 2.28. The maximum atomic E-state index is 5.95. The molecule has 0 amide bonds. The van der Waals surface area contributed by atoms with Gasteiger partial charge in [-0.3, -0.25) is 0 Å². The van der Waals surface area contributed by atoms with Crippen molar-refractivity contribution in [3.63, 3.8) is 0 Å². The molecule has 1 fully saturated rings. The molecule has 1 aromatic rings. The maximum Gasteiger partial charge on any atom is 0.134 e. The number of hydrogen-bond donors (Lipinski definition) is 1. The Hall–Kier alpha value is -0.900. The van der Waals surface area contributed by atoms with E-state index in [1.54, 1.807) is 0 Å². The van der Waals surface area contributed by atoms with Gasteiger partial charge >= 0.3 is 0 Å². The molecule has 1 aliphatic rings. The fraction of sp³-hybridized carbons (Fsp3) is 0.818. The second-order valence-corrected chi connectivity index (χ2v) is 4.47. The molecule has 0 radical (unpaired) electrons. The van der Waals surface area contributed by atoms with Crippen molar-refractivity contribution in [1.29, 1.82) is 0 Å². The van der Waals surface area contributed by atoms with Crippen molar-refractivity contribution in [2.24, 2.45) is 5.73 Å². The second kappa shape index (κ2) is 4.75. The Morgan fingerprint density at radius 1 is 1.53 bits per heavy atom. The summed E-state index contributed by atoms with van der Waals surface area (Å²) in [5.74, 6) is 1.07. The molecule has 1 heterocycles. The van der Waals surface area contributed by atoms with Gasteiger partial charge in [0.2, 0.25) is 0 Å². The molecule has 1 unspecified atom stereocenters. The van der Waals surface area contributed by atoms with Gasteiger partial charge in [-0.15, -0.1) is 10.2 Å². The van der Waals surface area contributed by atoms with Gasteiger partial charge in [0.1, 0.15) is 12.2 Å². The highest BCUT2D eigenvalue weighted by Crippen LogP contribution is 2.29. The van der Waals surface area contributed by atoms with Crippen LogP contribution in [0.2, 0.25) is 0 Å². The summed E-state index contributed by atoms with van der Waals surface area (Å²) in [6, 6.07) is 0.841. The minimum atomic E-state index is 0.217. The number of aromatic nitrogens is 3. The molecule has 0 aliphatic heterocycles. The average molecular weight is 208 g/mol. The smallest absolute Gasteiger partial charge is 0.134 e. The lowest BCUT2D eigenvalue weighted by Gasteiger charge is -2.15. The van der Waals surface area contributed by atoms with E-state index in [1.165, 1.54) is 25.7 Å². The van der Waals surface area contributed by atoms with Crippen LogP contribution in [0.15, 0.2) is 6.33 Å². The molecule has 1 saturated carbocycles. The first-order chi connectivity index (χ1) is 7.31. The Labute approximate surface area is 90.9 Å². The SMILES string of the molecule is CCC(N)Cc1nncn1C1CCCC1. The molecule has 2 rings (SSSR count). The molecule has 4 heteroatoms. The largest absolute Gasteiger partial charge is 0.327 e. The van der Waals surface area contributed by atoms with E-state index in [0.29, 0.717) is 6.04 Å². The zero-order valence-electron chi connectivity index (χ0n) is 9.39. The highest BCUT2D eigenvalue weighted by molar-refractivity contribution is 4.93. The Morgan fingerprint density at radius 3 is 2.93 bits per heavy atom. The minimum absolute atomic E-state index is 0.217. The number of nitrogens with zero attached hydrogens (tertiary/aromatic N) is 3. The van der Waals surface area contributed by atoms with Crippen LogP contribution in [0.3, 0.4) is 0 Å². The maximum absolute atomic E-state index is 5.95. The van der Waals surface area contributed by atoms with Crippen LogP contribution in [-0.4, -0.2) is 20.8 Å². The minimum Gasteiger partial charge on any atom is -0.327 e. The normalized spacial score (nSPS) is 19.6. The van der Waals surface area contributed by atoms with Gasteiger partial charge in [0.25, 0.3) is 0 Å². The summed E-state index contributed by atoms with van der Waals surface area (Å²) < 4.78 is 2.24. The third kappa shape index (κ3) is 2.37. The molecule has 0 spiro atoms. The first-order valence-corrected chi connectivity index (χ1v) is 5.95. The predicted octanol–water partition coefficient (Wildman–Crippen LogP) is 1.67. The van der Waals surface area contributed by atoms with E-state index in [0.717, 1.165) is 18.7 Å². The Bertz CT molecular complexity index is 301. The van der Waals surface area contributed by atoms with Crippen molar-refractivity contribution < 1.29 is 0 Å². The Balaban J connectivity index is 2.07. The average Bonchev–Trinajstić information content (AvgIpc) is 2.86. The third-order valence-corrected chi connectivity index (χ3v) is 3.33. The van der Waals surface area contributed by atoms with Crippen LogP contribution < -0.4 is 5.73 Å². The summed E-state index contributed by atoms with van der Waals surface area (Å²) in [5, 5.41) is 8.19. The Morgan fingerprint density at radius 2 is 2.27 bits per heavy atom. The van der Waals surface area contributed by atoms with E-state index < -0.39 is 0 Å². The summed E-state index contributed by atoms with van der Waals surface area (Å²) in [5.41, 5.74) is 5.95. The van der Waals surface area contributed by atoms with Gasteiger partial charge in [-0.05, 0) is 19.3 Å². The van der Waals surface area contributed by atoms with Crippen molar-refractivity contribution >= 4 is 0 Å². The van der Waals surface area contributed by atoms with Gasteiger partial charge in [0.15, 0.2) is 0 Å². The lowest BCUT2D eigenvalue weighted by Crippen LogP contribution is -2.24. The molecular formula is C11H20N4. The molecule has 15 heavy (non-hydrogen) atoms. The molecule has 84 valence electrons. The third-order valence-electron chi connectivity index (χ3n) is 3.33. The monoisotopic (exact) mass is 208 g/mol. The molecule has 1 aromatic heterocycles. The molecular weight excluding hydrogens is 188 g/mol. The van der Waals surface area contributed by atoms with Gasteiger partial charge in [0, 0.05) is 18.5 Å². The fourth-order valence-corrected chi connectivity index (χ4v) is 2.28. The van der Waals surface area contributed by atoms with E-state index in [2.05, 4.69) is 21.7 Å². The lowest BCUT2D eigenvalue weighted by molar-refractivity contribution is 0.482. The van der Waals surface area contributed by atoms with Crippen LogP contribution in [-0.2, 0) is 6.42 Å². The van der Waals surface area contributed by atoms with Crippen molar-refractivity contribution in [3.05, 3.63) is 12.2 Å². The summed E-state index contributed by atoms with van der Waals surface area (Å²) in [6.07, 6.45) is 8.93. The van der Waals surface area contributed by atoms with Crippen LogP contribution in [0.5, 0.6) is 0 Å². The van der Waals surface area contributed by atoms with Crippen LogP contribution in [0.4, 0.5) is 0 Å². The number of rotatable bonds is 4. The topological polar surface area (TPSA) is 56.7 Å². The van der Waals surface area contributed by atoms with Crippen molar-refractivity contribution in [1.82, 2.24) is 14.8 Å². The van der Waals surface area contributed by atoms with Crippen molar-refractivity contribution in [2.45, 2.75) is 57.5 Å². The molecule has 2 N–H and O–H groups in total. The molecule has 4 nitrogen and oxygen atoms in total. The first kappa shape index (κ1) is 10.6. The molecule has 1 aliphatic carbocycles. The predicted molar refractivity (Wildman–Crippen MR) is 59.5 cm³/mol. The van der Waals surface area contributed by atoms with E-state index in [4.69, 9.17) is 5.73 Å². The highest BCUT2D eigenvalue weighted by atomic mass is 15.3. The van der Waals surface area contributed by atoms with E-state index in [-0.39, 0.29) is 6.04 Å². The standard InChI is InChI=1S/C11H20N4/c1-2-9(12)7-11-14-13-8-15(11)10-5-3-4-6-10/h8-10H,2-7,12H2,1H3. The van der Waals surface area contributed by atoms with Crippen LogP contribution in [0.25, 0.3) is 0 Å². The van der Waals surface area contributed by atoms with Crippen molar-refractivity contribution in [3.8, 4) is 0 Å². The molecule has 1 atom stereocenters. The van der Waals surface area contributed by atoms with E-state index in [1.807, 2.05) is 6.33 Å². The summed E-state index contributed by atoms with van der Waals surface area (Å²) in [7, 11) is 0. The summed E-state index contributed by atoms with van der Waals surface area (Å²) in [4.78, 5) is 0. The lowest BCUT2D eigenvalue weighted by atomic mass is 10.1. The van der Waals surface area contributed by atoms with Crippen molar-refractivity contribution in [2.75, 3.05) is 0 Å². The molecule has 0 aromatic carbocycles. The van der Waals surface area contributed by atoms with Gasteiger partial charge in [-0.25, -0.2) is 0 Å². The summed E-state index contributed by atoms with van der Waals surface area (Å²) in [6.45, 7) is 2.11. The van der Waals surface area contributed by atoms with Gasteiger partial charge in [-0.2, -0.15) is 0 Å². The van der Waals surface area contributed by atoms with Gasteiger partial charge in [0.05, 0.1) is 0 Å².